The fraction of sp³-hybridized carbons (Fsp3) is 0.571. The molecule has 1 aliphatic heterocycles. The Labute approximate surface area is 166 Å². The third kappa shape index (κ3) is 4.52. The number of methoxy groups -OCH3 is 1. The highest BCUT2D eigenvalue weighted by atomic mass is 16.5. The maximum atomic E-state index is 13.3. The number of aromatic nitrogens is 2. The first-order valence-electron chi connectivity index (χ1n) is 9.87. The molecule has 1 fully saturated rings. The first kappa shape index (κ1) is 20.3. The second kappa shape index (κ2) is 8.73. The van der Waals surface area contributed by atoms with Crippen LogP contribution >= 0.6 is 0 Å². The molecular weight excluding hydrogens is 356 g/mol. The maximum absolute atomic E-state index is 13.3. The quantitative estimate of drug-likeness (QED) is 0.786. The lowest BCUT2D eigenvalue weighted by Gasteiger charge is -2.30. The predicted octanol–water partition coefficient (Wildman–Crippen LogP) is 3.24. The van der Waals surface area contributed by atoms with Crippen LogP contribution < -0.4 is 4.74 Å². The summed E-state index contributed by atoms with van der Waals surface area (Å²) in [5.74, 6) is 2.51. The smallest absolute Gasteiger partial charge is 0.254 e. The molecule has 1 aliphatic rings. The third-order valence-electron chi connectivity index (χ3n) is 5.09. The molecule has 0 bridgehead atoms. The van der Waals surface area contributed by atoms with Gasteiger partial charge in [0.2, 0.25) is 5.89 Å². The molecule has 0 radical (unpaired) electrons. The number of aryl methyl sites for hydroxylation is 2. The van der Waals surface area contributed by atoms with Crippen LogP contribution in [0.15, 0.2) is 22.7 Å². The van der Waals surface area contributed by atoms with E-state index in [9.17, 15) is 4.79 Å². The highest BCUT2D eigenvalue weighted by Crippen LogP contribution is 2.27. The minimum atomic E-state index is -0.0893. The average molecular weight is 386 g/mol. The Balaban J connectivity index is 1.87. The van der Waals surface area contributed by atoms with Crippen molar-refractivity contribution in [2.24, 2.45) is 5.92 Å². The predicted molar refractivity (Wildman–Crippen MR) is 106 cm³/mol. The summed E-state index contributed by atoms with van der Waals surface area (Å²) in [6.07, 6.45) is 0.914. The molecule has 0 aliphatic carbocycles. The zero-order chi connectivity index (χ0) is 20.3. The molecule has 2 heterocycles. The lowest BCUT2D eigenvalue weighted by Crippen LogP contribution is -2.39. The second-order valence-corrected chi connectivity index (χ2v) is 7.87. The zero-order valence-corrected chi connectivity index (χ0v) is 17.4. The van der Waals surface area contributed by atoms with Crippen molar-refractivity contribution in [1.82, 2.24) is 19.9 Å². The zero-order valence-electron chi connectivity index (χ0n) is 17.4. The summed E-state index contributed by atoms with van der Waals surface area (Å²) >= 11 is 0. The Hall–Kier alpha value is -2.41. The van der Waals surface area contributed by atoms with Gasteiger partial charge in [-0.15, -0.1) is 0 Å². The van der Waals surface area contributed by atoms with Gasteiger partial charge in [0.25, 0.3) is 5.91 Å². The van der Waals surface area contributed by atoms with Crippen molar-refractivity contribution in [2.45, 2.75) is 40.2 Å². The van der Waals surface area contributed by atoms with E-state index in [1.165, 1.54) is 0 Å². The van der Waals surface area contributed by atoms with Gasteiger partial charge >= 0.3 is 0 Å². The Morgan fingerprint density at radius 3 is 2.71 bits per heavy atom. The number of amides is 1. The van der Waals surface area contributed by atoms with E-state index in [2.05, 4.69) is 28.9 Å². The summed E-state index contributed by atoms with van der Waals surface area (Å²) in [5.41, 5.74) is 1.62. The van der Waals surface area contributed by atoms with Gasteiger partial charge in [-0.3, -0.25) is 9.69 Å². The number of rotatable bonds is 5. The summed E-state index contributed by atoms with van der Waals surface area (Å²) in [6.45, 7) is 11.2. The molecule has 7 nitrogen and oxygen atoms in total. The van der Waals surface area contributed by atoms with E-state index in [0.29, 0.717) is 36.3 Å². The highest BCUT2D eigenvalue weighted by molar-refractivity contribution is 5.95. The van der Waals surface area contributed by atoms with Gasteiger partial charge in [-0.05, 0) is 49.9 Å². The normalized spacial score (nSPS) is 18.4. The monoisotopic (exact) mass is 386 g/mol. The van der Waals surface area contributed by atoms with Crippen LogP contribution in [0, 0.1) is 19.8 Å². The fourth-order valence-electron chi connectivity index (χ4n) is 3.76. The number of benzene rings is 1. The molecule has 1 amide bonds. The van der Waals surface area contributed by atoms with Gasteiger partial charge in [0.15, 0.2) is 5.82 Å². The molecule has 0 N–H and O–H groups in total. The van der Waals surface area contributed by atoms with Gasteiger partial charge in [-0.2, -0.15) is 4.98 Å². The van der Waals surface area contributed by atoms with E-state index in [0.717, 1.165) is 30.8 Å². The summed E-state index contributed by atoms with van der Waals surface area (Å²) in [4.78, 5) is 22.0. The van der Waals surface area contributed by atoms with E-state index in [1.807, 2.05) is 36.9 Å². The number of hydrogen-bond acceptors (Lipinski definition) is 6. The van der Waals surface area contributed by atoms with Crippen LogP contribution in [0.5, 0.6) is 5.75 Å². The van der Waals surface area contributed by atoms with Crippen molar-refractivity contribution in [3.63, 3.8) is 0 Å². The third-order valence-corrected chi connectivity index (χ3v) is 5.09. The number of hydrogen-bond donors (Lipinski definition) is 0. The Bertz CT molecular complexity index is 818. The van der Waals surface area contributed by atoms with Crippen molar-refractivity contribution < 1.29 is 14.1 Å². The van der Waals surface area contributed by atoms with E-state index in [-0.39, 0.29) is 11.9 Å². The largest absolute Gasteiger partial charge is 0.497 e. The van der Waals surface area contributed by atoms with Crippen molar-refractivity contribution in [3.8, 4) is 5.75 Å². The van der Waals surface area contributed by atoms with Crippen LogP contribution in [0.4, 0.5) is 0 Å². The molecular formula is C21H30N4O3. The number of carbonyl (C=O) groups excluding carboxylic acids is 1. The Kier molecular flexibility index (Phi) is 6.34. The van der Waals surface area contributed by atoms with E-state index in [1.54, 1.807) is 7.11 Å². The lowest BCUT2D eigenvalue weighted by atomic mass is 10.1. The molecule has 2 aromatic rings. The Morgan fingerprint density at radius 2 is 2.11 bits per heavy atom. The van der Waals surface area contributed by atoms with E-state index < -0.39 is 0 Å². The average Bonchev–Trinajstić information content (AvgIpc) is 2.97. The van der Waals surface area contributed by atoms with Crippen molar-refractivity contribution in [2.75, 3.05) is 33.3 Å². The molecule has 0 saturated carbocycles. The molecule has 152 valence electrons. The van der Waals surface area contributed by atoms with Crippen LogP contribution in [0.1, 0.15) is 53.9 Å². The van der Waals surface area contributed by atoms with Crippen LogP contribution in [-0.4, -0.2) is 59.1 Å². The number of carbonyl (C=O) groups is 1. The standard InChI is InChI=1S/C21H30N4O3/c1-14(2)12-24-9-6-10-25(13-19(24)20-22-16(4)23-28-20)21(26)18-8-7-17(27-5)11-15(18)3/h7-8,11,14,19H,6,9-10,12-13H2,1-5H3. The van der Waals surface area contributed by atoms with Gasteiger partial charge in [-0.1, -0.05) is 19.0 Å². The van der Waals surface area contributed by atoms with Gasteiger partial charge in [0, 0.05) is 31.7 Å². The summed E-state index contributed by atoms with van der Waals surface area (Å²) in [6, 6.07) is 5.49. The van der Waals surface area contributed by atoms with Crippen LogP contribution in [-0.2, 0) is 0 Å². The maximum Gasteiger partial charge on any atom is 0.254 e. The van der Waals surface area contributed by atoms with Crippen LogP contribution in [0.2, 0.25) is 0 Å². The summed E-state index contributed by atoms with van der Waals surface area (Å²) in [7, 11) is 1.63. The molecule has 1 unspecified atom stereocenters. The fourth-order valence-corrected chi connectivity index (χ4v) is 3.76. The minimum Gasteiger partial charge on any atom is -0.497 e. The van der Waals surface area contributed by atoms with Gasteiger partial charge in [-0.25, -0.2) is 0 Å². The van der Waals surface area contributed by atoms with Crippen LogP contribution in [0.25, 0.3) is 0 Å². The molecule has 7 heteroatoms. The Morgan fingerprint density at radius 1 is 1.32 bits per heavy atom. The molecule has 1 aromatic heterocycles. The molecule has 1 saturated heterocycles. The van der Waals surface area contributed by atoms with Gasteiger partial charge in [0.05, 0.1) is 7.11 Å². The second-order valence-electron chi connectivity index (χ2n) is 7.87. The first-order chi connectivity index (χ1) is 13.4. The van der Waals surface area contributed by atoms with Crippen molar-refractivity contribution in [3.05, 3.63) is 41.0 Å². The lowest BCUT2D eigenvalue weighted by molar-refractivity contribution is 0.0708. The minimum absolute atomic E-state index is 0.0350. The topological polar surface area (TPSA) is 71.7 Å². The SMILES string of the molecule is COc1ccc(C(=O)N2CCCN(CC(C)C)C(c3nc(C)no3)C2)c(C)c1. The molecule has 1 aromatic carbocycles. The molecule has 28 heavy (non-hydrogen) atoms. The van der Waals surface area contributed by atoms with E-state index >= 15 is 0 Å². The highest BCUT2D eigenvalue weighted by Gasteiger charge is 2.33. The van der Waals surface area contributed by atoms with Gasteiger partial charge in [0.1, 0.15) is 11.8 Å². The molecule has 1 atom stereocenters. The number of ether oxygens (including phenoxy) is 1. The molecule has 3 rings (SSSR count). The molecule has 0 spiro atoms. The summed E-state index contributed by atoms with van der Waals surface area (Å²) < 4.78 is 10.8. The number of nitrogens with zero attached hydrogens (tertiary/aromatic N) is 4. The first-order valence-corrected chi connectivity index (χ1v) is 9.87. The van der Waals surface area contributed by atoms with Gasteiger partial charge < -0.3 is 14.2 Å². The summed E-state index contributed by atoms with van der Waals surface area (Å²) in [5, 5.41) is 3.97. The van der Waals surface area contributed by atoms with Crippen LogP contribution in [0.3, 0.4) is 0 Å². The van der Waals surface area contributed by atoms with E-state index in [4.69, 9.17) is 9.26 Å². The van der Waals surface area contributed by atoms with Crippen molar-refractivity contribution in [1.29, 1.82) is 0 Å². The van der Waals surface area contributed by atoms with Crippen molar-refractivity contribution >= 4 is 5.91 Å².